The van der Waals surface area contributed by atoms with Crippen LogP contribution in [0.3, 0.4) is 0 Å². The van der Waals surface area contributed by atoms with Crippen molar-refractivity contribution in [1.82, 2.24) is 5.32 Å². The SMILES string of the molecule is CCCCCCCCCC(C)(C)CC(=O)C1CCCNC(=O)[C@H]1N. The maximum Gasteiger partial charge on any atom is 0.237 e. The second-order valence-electron chi connectivity index (χ2n) is 8.24. The standard InChI is InChI=1S/C20H38N2O2/c1-4-5-6-7-8-9-10-13-20(2,3)15-17(23)16-12-11-14-22-19(24)18(16)21/h16,18H,4-15,21H2,1-3H3,(H,22,24)/t16?,18-/m0/s1. The van der Waals surface area contributed by atoms with Crippen LogP contribution >= 0.6 is 0 Å². The molecule has 1 aliphatic heterocycles. The molecule has 1 rings (SSSR count). The first-order valence-corrected chi connectivity index (χ1v) is 9.93. The Kier molecular flexibility index (Phi) is 9.57. The number of nitrogens with one attached hydrogen (secondary N) is 1. The van der Waals surface area contributed by atoms with Gasteiger partial charge < -0.3 is 11.1 Å². The van der Waals surface area contributed by atoms with Gasteiger partial charge in [-0.05, 0) is 24.7 Å². The van der Waals surface area contributed by atoms with E-state index in [0.29, 0.717) is 13.0 Å². The molecule has 0 aromatic carbocycles. The largest absolute Gasteiger partial charge is 0.355 e. The third-order valence-corrected chi connectivity index (χ3v) is 5.25. The lowest BCUT2D eigenvalue weighted by atomic mass is 9.77. The van der Waals surface area contributed by atoms with Crippen molar-refractivity contribution in [2.24, 2.45) is 17.1 Å². The Hall–Kier alpha value is -0.900. The Morgan fingerprint density at radius 1 is 1.17 bits per heavy atom. The van der Waals surface area contributed by atoms with Crippen LogP contribution in [0.25, 0.3) is 0 Å². The molecular formula is C20H38N2O2. The monoisotopic (exact) mass is 338 g/mol. The van der Waals surface area contributed by atoms with Gasteiger partial charge in [0.2, 0.25) is 5.91 Å². The molecule has 24 heavy (non-hydrogen) atoms. The van der Waals surface area contributed by atoms with E-state index in [1.54, 1.807) is 0 Å². The summed E-state index contributed by atoms with van der Waals surface area (Å²) in [4.78, 5) is 24.5. The molecular weight excluding hydrogens is 300 g/mol. The van der Waals surface area contributed by atoms with Gasteiger partial charge in [0.05, 0.1) is 6.04 Å². The summed E-state index contributed by atoms with van der Waals surface area (Å²) in [6.45, 7) is 7.22. The van der Waals surface area contributed by atoms with Crippen molar-refractivity contribution < 1.29 is 9.59 Å². The first kappa shape index (κ1) is 21.1. The molecule has 4 nitrogen and oxygen atoms in total. The van der Waals surface area contributed by atoms with E-state index in [1.165, 1.54) is 44.9 Å². The molecule has 0 saturated carbocycles. The van der Waals surface area contributed by atoms with Gasteiger partial charge in [-0.15, -0.1) is 0 Å². The normalized spacial score (nSPS) is 22.1. The topological polar surface area (TPSA) is 72.2 Å². The zero-order valence-electron chi connectivity index (χ0n) is 16.0. The number of hydrogen-bond donors (Lipinski definition) is 2. The van der Waals surface area contributed by atoms with Crippen LogP contribution in [0, 0.1) is 11.3 Å². The van der Waals surface area contributed by atoms with Crippen LogP contribution in [-0.4, -0.2) is 24.3 Å². The molecule has 0 aromatic rings. The second kappa shape index (κ2) is 10.9. The highest BCUT2D eigenvalue weighted by molar-refractivity contribution is 5.91. The lowest BCUT2D eigenvalue weighted by molar-refractivity contribution is -0.131. The number of rotatable bonds is 11. The molecule has 1 unspecified atom stereocenters. The van der Waals surface area contributed by atoms with Crippen LogP contribution in [0.1, 0.15) is 91.4 Å². The molecule has 3 N–H and O–H groups in total. The number of unbranched alkanes of at least 4 members (excludes halogenated alkanes) is 6. The zero-order chi connectivity index (χ0) is 18.0. The lowest BCUT2D eigenvalue weighted by Crippen LogP contribution is -2.46. The van der Waals surface area contributed by atoms with Crippen molar-refractivity contribution in [2.45, 2.75) is 97.4 Å². The van der Waals surface area contributed by atoms with Crippen LogP contribution in [0.5, 0.6) is 0 Å². The molecule has 1 aliphatic rings. The molecule has 1 heterocycles. The number of hydrogen-bond acceptors (Lipinski definition) is 3. The number of ketones is 1. The fourth-order valence-electron chi connectivity index (χ4n) is 3.63. The van der Waals surface area contributed by atoms with Gasteiger partial charge in [0.15, 0.2) is 0 Å². The molecule has 2 atom stereocenters. The average Bonchev–Trinajstić information content (AvgIpc) is 2.68. The van der Waals surface area contributed by atoms with Crippen LogP contribution in [-0.2, 0) is 9.59 Å². The van der Waals surface area contributed by atoms with E-state index in [0.717, 1.165) is 19.3 Å². The molecule has 0 spiro atoms. The average molecular weight is 339 g/mol. The number of Topliss-reactive ketones (excluding diaryl/α,β-unsaturated/α-hetero) is 1. The van der Waals surface area contributed by atoms with Crippen LogP contribution in [0.4, 0.5) is 0 Å². The maximum absolute atomic E-state index is 12.7. The summed E-state index contributed by atoms with van der Waals surface area (Å²) in [5.74, 6) is -0.302. The summed E-state index contributed by atoms with van der Waals surface area (Å²) in [7, 11) is 0. The summed E-state index contributed by atoms with van der Waals surface area (Å²) in [6.07, 6.45) is 12.2. The zero-order valence-corrected chi connectivity index (χ0v) is 16.0. The molecule has 1 fully saturated rings. The first-order chi connectivity index (χ1) is 11.4. The summed E-state index contributed by atoms with van der Waals surface area (Å²) >= 11 is 0. The smallest absolute Gasteiger partial charge is 0.237 e. The van der Waals surface area contributed by atoms with Crippen molar-refractivity contribution in [3.8, 4) is 0 Å². The van der Waals surface area contributed by atoms with E-state index in [-0.39, 0.29) is 23.0 Å². The van der Waals surface area contributed by atoms with E-state index in [4.69, 9.17) is 5.73 Å². The summed E-state index contributed by atoms with van der Waals surface area (Å²) in [5.41, 5.74) is 5.99. The van der Waals surface area contributed by atoms with Gasteiger partial charge in [0.1, 0.15) is 5.78 Å². The Labute approximate surface area is 148 Å². The Morgan fingerprint density at radius 3 is 2.46 bits per heavy atom. The molecule has 0 bridgehead atoms. The van der Waals surface area contributed by atoms with Gasteiger partial charge in [-0.25, -0.2) is 0 Å². The maximum atomic E-state index is 12.7. The first-order valence-electron chi connectivity index (χ1n) is 9.93. The number of carbonyl (C=O) groups excluding carboxylic acids is 2. The minimum Gasteiger partial charge on any atom is -0.355 e. The molecule has 140 valence electrons. The Balaban J connectivity index is 2.33. The van der Waals surface area contributed by atoms with E-state index in [1.807, 2.05) is 0 Å². The van der Waals surface area contributed by atoms with E-state index in [9.17, 15) is 9.59 Å². The van der Waals surface area contributed by atoms with E-state index < -0.39 is 6.04 Å². The van der Waals surface area contributed by atoms with Crippen molar-refractivity contribution in [3.63, 3.8) is 0 Å². The fourth-order valence-corrected chi connectivity index (χ4v) is 3.63. The van der Waals surface area contributed by atoms with Crippen molar-refractivity contribution >= 4 is 11.7 Å². The van der Waals surface area contributed by atoms with Gasteiger partial charge in [0, 0.05) is 18.9 Å². The van der Waals surface area contributed by atoms with E-state index >= 15 is 0 Å². The van der Waals surface area contributed by atoms with E-state index in [2.05, 4.69) is 26.1 Å². The van der Waals surface area contributed by atoms with Gasteiger partial charge >= 0.3 is 0 Å². The summed E-state index contributed by atoms with van der Waals surface area (Å²) in [6, 6.07) is -0.672. The minimum atomic E-state index is -0.672. The van der Waals surface area contributed by atoms with Crippen molar-refractivity contribution in [2.75, 3.05) is 6.54 Å². The second-order valence-corrected chi connectivity index (χ2v) is 8.24. The van der Waals surface area contributed by atoms with Gasteiger partial charge in [-0.1, -0.05) is 65.7 Å². The molecule has 0 radical (unpaired) electrons. The Morgan fingerprint density at radius 2 is 1.79 bits per heavy atom. The Bertz CT molecular complexity index is 393. The fraction of sp³-hybridized carbons (Fsp3) is 0.900. The summed E-state index contributed by atoms with van der Waals surface area (Å²) in [5, 5.41) is 2.79. The number of carbonyl (C=O) groups is 2. The lowest BCUT2D eigenvalue weighted by Gasteiger charge is -2.27. The quantitative estimate of drug-likeness (QED) is 0.560. The highest BCUT2D eigenvalue weighted by atomic mass is 16.2. The van der Waals surface area contributed by atoms with Gasteiger partial charge in [-0.2, -0.15) is 0 Å². The van der Waals surface area contributed by atoms with Gasteiger partial charge in [-0.3, -0.25) is 9.59 Å². The highest BCUT2D eigenvalue weighted by Gasteiger charge is 2.34. The predicted octanol–water partition coefficient (Wildman–Crippen LogP) is 3.97. The minimum absolute atomic E-state index is 0.00298. The predicted molar refractivity (Wildman–Crippen MR) is 99.7 cm³/mol. The molecule has 4 heteroatoms. The third kappa shape index (κ3) is 7.78. The van der Waals surface area contributed by atoms with Crippen LogP contribution in [0.2, 0.25) is 0 Å². The molecule has 1 saturated heterocycles. The van der Waals surface area contributed by atoms with Crippen LogP contribution in [0.15, 0.2) is 0 Å². The van der Waals surface area contributed by atoms with Crippen LogP contribution < -0.4 is 11.1 Å². The number of amides is 1. The number of nitrogens with two attached hydrogens (primary N) is 1. The molecule has 1 amide bonds. The van der Waals surface area contributed by atoms with Gasteiger partial charge in [0.25, 0.3) is 0 Å². The van der Waals surface area contributed by atoms with Crippen molar-refractivity contribution in [1.29, 1.82) is 0 Å². The molecule has 0 aromatic heterocycles. The summed E-state index contributed by atoms with van der Waals surface area (Å²) < 4.78 is 0. The van der Waals surface area contributed by atoms with Crippen molar-refractivity contribution in [3.05, 3.63) is 0 Å². The highest BCUT2D eigenvalue weighted by Crippen LogP contribution is 2.31. The molecule has 0 aliphatic carbocycles. The third-order valence-electron chi connectivity index (χ3n) is 5.25.